The number of carbonyl (C=O) groups is 2. The van der Waals surface area contributed by atoms with Crippen molar-refractivity contribution < 1.29 is 19.4 Å². The number of carbonyl (C=O) groups excluding carboxylic acids is 2. The Bertz CT molecular complexity index is 955. The Morgan fingerprint density at radius 3 is 2.10 bits per heavy atom. The average molecular weight is 410 g/mol. The number of nitrogens with zero attached hydrogens (tertiary/aromatic N) is 2. The van der Waals surface area contributed by atoms with Gasteiger partial charge in [-0.2, -0.15) is 0 Å². The number of amides is 1. The highest BCUT2D eigenvalue weighted by molar-refractivity contribution is 8.14. The number of aryl methyl sites for hydroxylation is 2. The molecule has 6 nitrogen and oxygen atoms in total. The number of rotatable bonds is 4. The van der Waals surface area contributed by atoms with Gasteiger partial charge in [0.2, 0.25) is 0 Å². The van der Waals surface area contributed by atoms with Crippen LogP contribution in [0.2, 0.25) is 0 Å². The number of aliphatic hydroxyl groups is 1. The zero-order chi connectivity index (χ0) is 20.8. The highest BCUT2D eigenvalue weighted by Gasteiger charge is 2.63. The highest BCUT2D eigenvalue weighted by Crippen LogP contribution is 2.47. The molecule has 0 aliphatic carbocycles. The van der Waals surface area contributed by atoms with Gasteiger partial charge in [0, 0.05) is 0 Å². The van der Waals surface area contributed by atoms with E-state index in [0.717, 1.165) is 16.0 Å². The van der Waals surface area contributed by atoms with E-state index in [1.54, 1.807) is 6.92 Å². The lowest BCUT2D eigenvalue weighted by atomic mass is 9.82. The summed E-state index contributed by atoms with van der Waals surface area (Å²) in [5.74, 6) is -1.30. The SMILES string of the molecule is CCOC(=O)C1(O)CSC2=NC(c3ccc(C)cc3)(c3ccc(C)cc3)C(=O)N21. The number of thioether (sulfide) groups is 1. The van der Waals surface area contributed by atoms with Crippen LogP contribution in [0.4, 0.5) is 0 Å². The van der Waals surface area contributed by atoms with E-state index in [4.69, 9.17) is 9.73 Å². The number of hydrogen-bond acceptors (Lipinski definition) is 6. The Morgan fingerprint density at radius 2 is 1.62 bits per heavy atom. The summed E-state index contributed by atoms with van der Waals surface area (Å²) in [6.07, 6.45) is 0. The van der Waals surface area contributed by atoms with Gasteiger partial charge in [-0.3, -0.25) is 4.79 Å². The molecule has 0 spiro atoms. The molecular weight excluding hydrogens is 388 g/mol. The fraction of sp³-hybridized carbons (Fsp3) is 0.318. The topological polar surface area (TPSA) is 79.2 Å². The number of ether oxygens (including phenoxy) is 1. The smallest absolute Gasteiger partial charge is 0.361 e. The molecule has 2 aliphatic heterocycles. The first-order valence-electron chi connectivity index (χ1n) is 9.44. The van der Waals surface area contributed by atoms with Crippen LogP contribution in [-0.4, -0.2) is 45.1 Å². The molecule has 0 radical (unpaired) electrons. The van der Waals surface area contributed by atoms with Gasteiger partial charge in [-0.25, -0.2) is 14.7 Å². The van der Waals surface area contributed by atoms with Crippen molar-refractivity contribution in [2.24, 2.45) is 4.99 Å². The molecule has 1 N–H and O–H groups in total. The molecule has 1 amide bonds. The lowest BCUT2D eigenvalue weighted by Gasteiger charge is -2.32. The summed E-state index contributed by atoms with van der Waals surface area (Å²) < 4.78 is 5.05. The van der Waals surface area contributed by atoms with Gasteiger partial charge in [0.25, 0.3) is 11.6 Å². The minimum atomic E-state index is -2.06. The minimum Gasteiger partial charge on any atom is -0.462 e. The van der Waals surface area contributed by atoms with Crippen molar-refractivity contribution in [1.29, 1.82) is 0 Å². The molecule has 29 heavy (non-hydrogen) atoms. The molecule has 1 saturated heterocycles. The first kappa shape index (κ1) is 19.7. The molecule has 0 saturated carbocycles. The molecule has 2 aromatic rings. The van der Waals surface area contributed by atoms with Gasteiger partial charge in [0.15, 0.2) is 10.7 Å². The molecule has 4 rings (SSSR count). The predicted octanol–water partition coefficient (Wildman–Crippen LogP) is 2.74. The summed E-state index contributed by atoms with van der Waals surface area (Å²) in [7, 11) is 0. The van der Waals surface area contributed by atoms with Crippen LogP contribution in [-0.2, 0) is 19.9 Å². The highest BCUT2D eigenvalue weighted by atomic mass is 32.2. The number of aliphatic imine (C=N–C) groups is 1. The van der Waals surface area contributed by atoms with Crippen LogP contribution in [0.25, 0.3) is 0 Å². The van der Waals surface area contributed by atoms with Crippen LogP contribution in [0.1, 0.15) is 29.2 Å². The summed E-state index contributed by atoms with van der Waals surface area (Å²) in [5.41, 5.74) is 0.0715. The molecule has 0 bridgehead atoms. The molecule has 0 aromatic heterocycles. The average Bonchev–Trinajstić information content (AvgIpc) is 3.20. The van der Waals surface area contributed by atoms with Crippen molar-refractivity contribution in [2.45, 2.75) is 32.0 Å². The van der Waals surface area contributed by atoms with E-state index in [0.29, 0.717) is 16.3 Å². The maximum absolute atomic E-state index is 13.8. The maximum Gasteiger partial charge on any atom is 0.361 e. The van der Waals surface area contributed by atoms with E-state index in [-0.39, 0.29) is 12.4 Å². The molecular formula is C22H22N2O4S. The number of benzene rings is 2. The van der Waals surface area contributed by atoms with Gasteiger partial charge in [-0.1, -0.05) is 71.4 Å². The summed E-state index contributed by atoms with van der Waals surface area (Å²) in [5, 5.41) is 11.4. The Hall–Kier alpha value is -2.64. The third kappa shape index (κ3) is 2.88. The molecule has 7 heteroatoms. The van der Waals surface area contributed by atoms with E-state index in [1.807, 2.05) is 62.4 Å². The van der Waals surface area contributed by atoms with Crippen LogP contribution in [0.15, 0.2) is 53.5 Å². The lowest BCUT2D eigenvalue weighted by Crippen LogP contribution is -2.58. The molecule has 2 aromatic carbocycles. The maximum atomic E-state index is 13.8. The Kier molecular flexibility index (Phi) is 4.75. The molecule has 2 aliphatic rings. The molecule has 2 heterocycles. The first-order valence-corrected chi connectivity index (χ1v) is 10.4. The standard InChI is InChI=1S/C22H22N2O4S/c1-4-28-19(26)21(27)13-29-20-23-22(18(25)24(20)21,16-9-5-14(2)6-10-16)17-11-7-15(3)8-12-17/h5-12,27H,4,13H2,1-3H3. The van der Waals surface area contributed by atoms with Gasteiger partial charge in [-0.15, -0.1) is 0 Å². The normalized spacial score (nSPS) is 22.4. The zero-order valence-electron chi connectivity index (χ0n) is 16.5. The minimum absolute atomic E-state index is 0.00567. The van der Waals surface area contributed by atoms with Crippen molar-refractivity contribution >= 4 is 28.8 Å². The lowest BCUT2D eigenvalue weighted by molar-refractivity contribution is -0.179. The fourth-order valence-electron chi connectivity index (χ4n) is 3.67. The Balaban J connectivity index is 1.89. The summed E-state index contributed by atoms with van der Waals surface area (Å²) in [6.45, 7) is 5.71. The van der Waals surface area contributed by atoms with E-state index in [9.17, 15) is 14.7 Å². The Morgan fingerprint density at radius 1 is 1.10 bits per heavy atom. The van der Waals surface area contributed by atoms with Crippen LogP contribution < -0.4 is 0 Å². The fourth-order valence-corrected chi connectivity index (χ4v) is 4.81. The second-order valence-electron chi connectivity index (χ2n) is 7.30. The van der Waals surface area contributed by atoms with Crippen molar-refractivity contribution in [3.05, 3.63) is 70.8 Å². The van der Waals surface area contributed by atoms with Gasteiger partial charge in [0.1, 0.15) is 0 Å². The van der Waals surface area contributed by atoms with Gasteiger partial charge >= 0.3 is 5.97 Å². The first-order chi connectivity index (χ1) is 13.8. The second-order valence-corrected chi connectivity index (χ2v) is 8.25. The van der Waals surface area contributed by atoms with Gasteiger partial charge < -0.3 is 9.84 Å². The molecule has 1 atom stereocenters. The van der Waals surface area contributed by atoms with Crippen molar-refractivity contribution in [3.8, 4) is 0 Å². The van der Waals surface area contributed by atoms with Crippen LogP contribution >= 0.6 is 11.8 Å². The van der Waals surface area contributed by atoms with Crippen LogP contribution in [0.5, 0.6) is 0 Å². The van der Waals surface area contributed by atoms with Crippen LogP contribution in [0.3, 0.4) is 0 Å². The third-order valence-electron chi connectivity index (χ3n) is 5.28. The van der Waals surface area contributed by atoms with Crippen molar-refractivity contribution in [2.75, 3.05) is 12.4 Å². The van der Waals surface area contributed by atoms with Crippen molar-refractivity contribution in [1.82, 2.24) is 4.90 Å². The number of fused-ring (bicyclic) bond motifs is 1. The van der Waals surface area contributed by atoms with Gasteiger partial charge in [0.05, 0.1) is 12.4 Å². The van der Waals surface area contributed by atoms with Gasteiger partial charge in [-0.05, 0) is 31.9 Å². The summed E-state index contributed by atoms with van der Waals surface area (Å²) in [6, 6.07) is 15.2. The summed E-state index contributed by atoms with van der Waals surface area (Å²) in [4.78, 5) is 32.2. The van der Waals surface area contributed by atoms with E-state index < -0.39 is 23.1 Å². The molecule has 1 unspecified atom stereocenters. The zero-order valence-corrected chi connectivity index (χ0v) is 17.3. The van der Waals surface area contributed by atoms with Crippen molar-refractivity contribution in [3.63, 3.8) is 0 Å². The van der Waals surface area contributed by atoms with E-state index in [1.165, 1.54) is 11.8 Å². The number of hydrogen-bond donors (Lipinski definition) is 1. The molecule has 150 valence electrons. The number of amidine groups is 1. The second kappa shape index (κ2) is 7.00. The number of esters is 1. The predicted molar refractivity (Wildman–Crippen MR) is 111 cm³/mol. The largest absolute Gasteiger partial charge is 0.462 e. The summed E-state index contributed by atoms with van der Waals surface area (Å²) >= 11 is 1.18. The van der Waals surface area contributed by atoms with E-state index >= 15 is 0 Å². The Labute approximate surface area is 173 Å². The monoisotopic (exact) mass is 410 g/mol. The quantitative estimate of drug-likeness (QED) is 0.784. The third-order valence-corrected chi connectivity index (χ3v) is 6.36. The molecule has 1 fully saturated rings. The van der Waals surface area contributed by atoms with E-state index in [2.05, 4.69) is 0 Å². The van der Waals surface area contributed by atoms with Crippen LogP contribution in [0, 0.1) is 13.8 Å².